The molecule has 1 saturated heterocycles. The van der Waals surface area contributed by atoms with Crippen LogP contribution in [0.3, 0.4) is 0 Å². The topological polar surface area (TPSA) is 40.6 Å². The van der Waals surface area contributed by atoms with E-state index in [1.165, 1.54) is 5.56 Å². The molecule has 0 bridgehead atoms. The van der Waals surface area contributed by atoms with Crippen molar-refractivity contribution in [1.29, 1.82) is 0 Å². The minimum Gasteiger partial charge on any atom is -0.312 e. The molecule has 0 aliphatic carbocycles. The highest BCUT2D eigenvalue weighted by Gasteiger charge is 2.39. The van der Waals surface area contributed by atoms with Gasteiger partial charge in [0.05, 0.1) is 16.6 Å². The zero-order valence-corrected chi connectivity index (χ0v) is 14.9. The van der Waals surface area contributed by atoms with Crippen LogP contribution in [0.15, 0.2) is 42.5 Å². The van der Waals surface area contributed by atoms with Crippen molar-refractivity contribution in [2.75, 3.05) is 22.9 Å². The molecule has 0 N–H and O–H groups in total. The van der Waals surface area contributed by atoms with Gasteiger partial charge in [0.15, 0.2) is 0 Å². The Balaban J connectivity index is 1.57. The maximum Gasteiger partial charge on any atom is 0.232 e. The molecule has 2 amide bonds. The Hall–Kier alpha value is -2.04. The lowest BCUT2D eigenvalue weighted by Crippen LogP contribution is -2.36. The summed E-state index contributed by atoms with van der Waals surface area (Å²) in [4.78, 5) is 28.8. The molecule has 0 saturated carbocycles. The van der Waals surface area contributed by atoms with Crippen LogP contribution < -0.4 is 9.80 Å². The van der Waals surface area contributed by atoms with E-state index >= 15 is 0 Å². The van der Waals surface area contributed by atoms with Crippen molar-refractivity contribution < 1.29 is 9.59 Å². The zero-order valence-electron chi connectivity index (χ0n) is 13.4. The van der Waals surface area contributed by atoms with Crippen LogP contribution in [-0.4, -0.2) is 24.9 Å². The summed E-state index contributed by atoms with van der Waals surface area (Å²) in [5.41, 5.74) is 2.70. The van der Waals surface area contributed by atoms with Gasteiger partial charge in [0.2, 0.25) is 11.8 Å². The van der Waals surface area contributed by atoms with Gasteiger partial charge in [-0.3, -0.25) is 9.59 Å². The van der Waals surface area contributed by atoms with Gasteiger partial charge in [0.25, 0.3) is 0 Å². The fourth-order valence-electron chi connectivity index (χ4n) is 3.59. The standard InChI is InChI=1S/C19H16Cl2N2O2/c20-14-5-6-15(21)17(10-14)23-11-13(9-18(23)24)19(25)22-8-7-12-3-1-2-4-16(12)22/h1-6,10,13H,7-9,11H2. The Morgan fingerprint density at radius 1 is 1.08 bits per heavy atom. The summed E-state index contributed by atoms with van der Waals surface area (Å²) in [5, 5.41) is 0.966. The summed E-state index contributed by atoms with van der Waals surface area (Å²) in [6, 6.07) is 12.9. The number of para-hydroxylation sites is 1. The van der Waals surface area contributed by atoms with Crippen LogP contribution in [0.4, 0.5) is 11.4 Å². The van der Waals surface area contributed by atoms with E-state index in [0.29, 0.717) is 28.8 Å². The third-order valence-corrected chi connectivity index (χ3v) is 5.38. The van der Waals surface area contributed by atoms with E-state index in [-0.39, 0.29) is 24.2 Å². The van der Waals surface area contributed by atoms with Crippen LogP contribution in [-0.2, 0) is 16.0 Å². The van der Waals surface area contributed by atoms with Gasteiger partial charge in [-0.1, -0.05) is 41.4 Å². The summed E-state index contributed by atoms with van der Waals surface area (Å²) in [6.07, 6.45) is 1.05. The predicted octanol–water partition coefficient (Wildman–Crippen LogP) is 3.94. The lowest BCUT2D eigenvalue weighted by molar-refractivity contribution is -0.124. The number of nitrogens with zero attached hydrogens (tertiary/aromatic N) is 2. The third kappa shape index (κ3) is 2.90. The van der Waals surface area contributed by atoms with Gasteiger partial charge in [0.1, 0.15) is 0 Å². The van der Waals surface area contributed by atoms with E-state index in [1.807, 2.05) is 24.3 Å². The maximum atomic E-state index is 13.0. The molecule has 0 aromatic heterocycles. The molecule has 0 spiro atoms. The molecule has 0 radical (unpaired) electrons. The molecule has 25 heavy (non-hydrogen) atoms. The second kappa shape index (κ2) is 6.36. The summed E-state index contributed by atoms with van der Waals surface area (Å²) in [6.45, 7) is 0.997. The summed E-state index contributed by atoms with van der Waals surface area (Å²) in [7, 11) is 0. The Bertz CT molecular complexity index is 868. The van der Waals surface area contributed by atoms with Crippen LogP contribution in [0.25, 0.3) is 0 Å². The first kappa shape index (κ1) is 16.4. The van der Waals surface area contributed by atoms with E-state index < -0.39 is 0 Å². The van der Waals surface area contributed by atoms with Crippen molar-refractivity contribution in [1.82, 2.24) is 0 Å². The minimum absolute atomic E-state index is 0.000972. The summed E-state index contributed by atoms with van der Waals surface area (Å²) >= 11 is 12.2. The highest BCUT2D eigenvalue weighted by molar-refractivity contribution is 6.36. The number of amides is 2. The average Bonchev–Trinajstić information content (AvgIpc) is 3.20. The van der Waals surface area contributed by atoms with Crippen LogP contribution in [0, 0.1) is 5.92 Å². The SMILES string of the molecule is O=C1CC(C(=O)N2CCc3ccccc32)CN1c1cc(Cl)ccc1Cl. The molecule has 2 aliphatic heterocycles. The van der Waals surface area contributed by atoms with Crippen molar-refractivity contribution in [2.24, 2.45) is 5.92 Å². The normalized spacial score (nSPS) is 19.4. The molecule has 4 rings (SSSR count). The van der Waals surface area contributed by atoms with Gasteiger partial charge >= 0.3 is 0 Å². The molecule has 4 nitrogen and oxygen atoms in total. The van der Waals surface area contributed by atoms with Gasteiger partial charge in [-0.25, -0.2) is 0 Å². The van der Waals surface area contributed by atoms with Crippen molar-refractivity contribution in [3.63, 3.8) is 0 Å². The first-order valence-electron chi connectivity index (χ1n) is 8.19. The minimum atomic E-state index is -0.367. The Morgan fingerprint density at radius 2 is 1.88 bits per heavy atom. The number of carbonyl (C=O) groups is 2. The van der Waals surface area contributed by atoms with Gasteiger partial charge < -0.3 is 9.80 Å². The number of hydrogen-bond donors (Lipinski definition) is 0. The third-order valence-electron chi connectivity index (χ3n) is 4.83. The molecular weight excluding hydrogens is 359 g/mol. The zero-order chi connectivity index (χ0) is 17.6. The smallest absolute Gasteiger partial charge is 0.232 e. The summed E-state index contributed by atoms with van der Waals surface area (Å²) < 4.78 is 0. The molecule has 128 valence electrons. The Labute approximate surface area is 155 Å². The number of rotatable bonds is 2. The second-order valence-corrected chi connectivity index (χ2v) is 7.21. The Kier molecular flexibility index (Phi) is 4.18. The molecule has 1 unspecified atom stereocenters. The van der Waals surface area contributed by atoms with Crippen molar-refractivity contribution in [2.45, 2.75) is 12.8 Å². The molecule has 1 atom stereocenters. The molecule has 2 aromatic carbocycles. The van der Waals surface area contributed by atoms with E-state index in [2.05, 4.69) is 0 Å². The quantitative estimate of drug-likeness (QED) is 0.798. The Morgan fingerprint density at radius 3 is 2.72 bits per heavy atom. The highest BCUT2D eigenvalue weighted by Crippen LogP contribution is 2.35. The first-order chi connectivity index (χ1) is 12.0. The number of benzene rings is 2. The van der Waals surface area contributed by atoms with Crippen LogP contribution in [0.1, 0.15) is 12.0 Å². The van der Waals surface area contributed by atoms with Gasteiger partial charge in [-0.15, -0.1) is 0 Å². The molecule has 2 aromatic rings. The fraction of sp³-hybridized carbons (Fsp3) is 0.263. The van der Waals surface area contributed by atoms with Crippen molar-refractivity contribution >= 4 is 46.4 Å². The molecule has 2 aliphatic rings. The monoisotopic (exact) mass is 374 g/mol. The van der Waals surface area contributed by atoms with E-state index in [9.17, 15) is 9.59 Å². The first-order valence-corrected chi connectivity index (χ1v) is 8.95. The van der Waals surface area contributed by atoms with Crippen molar-refractivity contribution in [3.8, 4) is 0 Å². The predicted molar refractivity (Wildman–Crippen MR) is 99.4 cm³/mol. The maximum absolute atomic E-state index is 13.0. The molecule has 6 heteroatoms. The van der Waals surface area contributed by atoms with Crippen LogP contribution in [0.5, 0.6) is 0 Å². The van der Waals surface area contributed by atoms with Gasteiger partial charge in [-0.2, -0.15) is 0 Å². The highest BCUT2D eigenvalue weighted by atomic mass is 35.5. The molecular formula is C19H16Cl2N2O2. The molecule has 2 heterocycles. The van der Waals surface area contributed by atoms with E-state index in [4.69, 9.17) is 23.2 Å². The van der Waals surface area contributed by atoms with Crippen LogP contribution >= 0.6 is 23.2 Å². The fourth-order valence-corrected chi connectivity index (χ4v) is 3.97. The van der Waals surface area contributed by atoms with Crippen LogP contribution in [0.2, 0.25) is 10.0 Å². The largest absolute Gasteiger partial charge is 0.312 e. The lowest BCUT2D eigenvalue weighted by Gasteiger charge is -2.22. The van der Waals surface area contributed by atoms with Gasteiger partial charge in [0, 0.05) is 30.2 Å². The molecule has 1 fully saturated rings. The lowest BCUT2D eigenvalue weighted by atomic mass is 10.1. The number of fused-ring (bicyclic) bond motifs is 1. The summed E-state index contributed by atoms with van der Waals surface area (Å²) in [5.74, 6) is -0.470. The number of hydrogen-bond acceptors (Lipinski definition) is 2. The van der Waals surface area contributed by atoms with Crippen molar-refractivity contribution in [3.05, 3.63) is 58.1 Å². The van der Waals surface area contributed by atoms with E-state index in [0.717, 1.165) is 12.1 Å². The van der Waals surface area contributed by atoms with Gasteiger partial charge in [-0.05, 0) is 36.2 Å². The average molecular weight is 375 g/mol. The second-order valence-electron chi connectivity index (χ2n) is 6.37. The number of carbonyl (C=O) groups excluding carboxylic acids is 2. The number of halogens is 2. The number of anilines is 2. The van der Waals surface area contributed by atoms with E-state index in [1.54, 1.807) is 28.0 Å².